The van der Waals surface area contributed by atoms with Gasteiger partial charge in [0.2, 0.25) is 0 Å². The van der Waals surface area contributed by atoms with Gasteiger partial charge in [-0.15, -0.1) is 0 Å². The zero-order valence-electron chi connectivity index (χ0n) is 32.8. The predicted octanol–water partition coefficient (Wildman–Crippen LogP) is 9.73. The number of pyridine rings is 1. The van der Waals surface area contributed by atoms with E-state index in [1.54, 1.807) is 24.3 Å². The van der Waals surface area contributed by atoms with Crippen LogP contribution in [-0.2, 0) is 16.6 Å². The van der Waals surface area contributed by atoms with E-state index >= 15 is 0 Å². The van der Waals surface area contributed by atoms with Crippen molar-refractivity contribution in [1.29, 1.82) is 0 Å². The molecule has 12 nitrogen and oxygen atoms in total. The Kier molecular flexibility index (Phi) is 11.1. The number of nitrogens with zero attached hydrogens (tertiary/aromatic N) is 5. The van der Waals surface area contributed by atoms with Crippen LogP contribution in [0.3, 0.4) is 0 Å². The normalized spacial score (nSPS) is 16.0. The SMILES string of the molecule is CC1(C)CCC(CN2CCN(c3cccc(Oc4cnc5c(ccn5S(=O)(=O)c5ccc(NCc6ccc(O)cc6)c([N+](=O)[O-])c5)c4)c3)CC2)=C(c2ccc(Cl)cc2)C1. The fourth-order valence-corrected chi connectivity index (χ4v) is 9.36. The van der Waals surface area contributed by atoms with Gasteiger partial charge in [-0.2, -0.15) is 0 Å². The number of nitro groups is 1. The van der Waals surface area contributed by atoms with Crippen LogP contribution in [0.2, 0.25) is 5.02 Å². The molecule has 0 saturated carbocycles. The number of ether oxygens (including phenoxy) is 1. The molecule has 1 fully saturated rings. The Hall–Kier alpha value is -5.89. The second-order valence-electron chi connectivity index (χ2n) is 15.9. The van der Waals surface area contributed by atoms with Gasteiger partial charge in [0.25, 0.3) is 15.7 Å². The van der Waals surface area contributed by atoms with Crippen molar-refractivity contribution < 1.29 is 23.2 Å². The van der Waals surface area contributed by atoms with Gasteiger partial charge in [0.15, 0.2) is 5.65 Å². The zero-order chi connectivity index (χ0) is 41.3. The molecule has 0 amide bonds. The molecular formula is C45H45ClN6O6S. The van der Waals surface area contributed by atoms with Crippen LogP contribution in [0.1, 0.15) is 44.2 Å². The first kappa shape index (κ1) is 39.9. The van der Waals surface area contributed by atoms with E-state index < -0.39 is 14.9 Å². The van der Waals surface area contributed by atoms with Gasteiger partial charge in [-0.05, 0) is 102 Å². The number of aromatic nitrogens is 2. The van der Waals surface area contributed by atoms with Gasteiger partial charge in [0, 0.05) is 73.7 Å². The zero-order valence-corrected chi connectivity index (χ0v) is 34.4. The molecular weight excluding hydrogens is 788 g/mol. The molecule has 1 aliphatic carbocycles. The summed E-state index contributed by atoms with van der Waals surface area (Å²) in [5, 5.41) is 25.8. The molecule has 2 aliphatic rings. The summed E-state index contributed by atoms with van der Waals surface area (Å²) in [4.78, 5) is 20.5. The lowest BCUT2D eigenvalue weighted by molar-refractivity contribution is -0.384. The van der Waals surface area contributed by atoms with Crippen LogP contribution >= 0.6 is 11.6 Å². The maximum atomic E-state index is 13.8. The van der Waals surface area contributed by atoms with E-state index in [2.05, 4.69) is 52.1 Å². The Balaban J connectivity index is 0.925. The minimum absolute atomic E-state index is 0.105. The molecule has 0 radical (unpaired) electrons. The highest BCUT2D eigenvalue weighted by Crippen LogP contribution is 2.43. The van der Waals surface area contributed by atoms with Crippen LogP contribution in [0.25, 0.3) is 16.6 Å². The Morgan fingerprint density at radius 2 is 1.69 bits per heavy atom. The number of phenolic OH excluding ortho intramolecular Hbond substituents is 1. The topological polar surface area (TPSA) is 143 Å². The highest BCUT2D eigenvalue weighted by molar-refractivity contribution is 7.90. The van der Waals surface area contributed by atoms with Crippen molar-refractivity contribution in [2.45, 2.75) is 44.6 Å². The van der Waals surface area contributed by atoms with E-state index in [0.29, 0.717) is 16.9 Å². The van der Waals surface area contributed by atoms with E-state index in [1.807, 2.05) is 30.3 Å². The summed E-state index contributed by atoms with van der Waals surface area (Å²) in [5.41, 5.74) is 6.31. The predicted molar refractivity (Wildman–Crippen MR) is 232 cm³/mol. The minimum atomic E-state index is -4.25. The average Bonchev–Trinajstić information content (AvgIpc) is 3.66. The number of allylic oxidation sites excluding steroid dienone is 1. The number of hydrogen-bond acceptors (Lipinski definition) is 10. The van der Waals surface area contributed by atoms with Gasteiger partial charge >= 0.3 is 0 Å². The smallest absolute Gasteiger partial charge is 0.293 e. The maximum absolute atomic E-state index is 13.8. The van der Waals surface area contributed by atoms with Gasteiger partial charge < -0.3 is 20.1 Å². The molecule has 0 atom stereocenters. The third-order valence-electron chi connectivity index (χ3n) is 11.2. The fourth-order valence-electron chi connectivity index (χ4n) is 7.90. The van der Waals surface area contributed by atoms with Crippen LogP contribution in [0.5, 0.6) is 17.2 Å². The molecule has 4 aromatic carbocycles. The molecule has 0 bridgehead atoms. The summed E-state index contributed by atoms with van der Waals surface area (Å²) in [5.74, 6) is 1.18. The Morgan fingerprint density at radius 1 is 0.932 bits per heavy atom. The second-order valence-corrected chi connectivity index (χ2v) is 18.2. The molecule has 1 saturated heterocycles. The number of rotatable bonds is 12. The second kappa shape index (κ2) is 16.4. The van der Waals surface area contributed by atoms with Crippen molar-refractivity contribution in [3.8, 4) is 17.2 Å². The molecule has 2 aromatic heterocycles. The van der Waals surface area contributed by atoms with Gasteiger partial charge in [-0.25, -0.2) is 17.4 Å². The molecule has 6 aromatic rings. The van der Waals surface area contributed by atoms with Crippen LogP contribution in [0.15, 0.2) is 126 Å². The van der Waals surface area contributed by atoms with E-state index in [-0.39, 0.29) is 39.6 Å². The third-order valence-corrected chi connectivity index (χ3v) is 13.1. The summed E-state index contributed by atoms with van der Waals surface area (Å²) in [6, 6.07) is 29.7. The van der Waals surface area contributed by atoms with Gasteiger partial charge in [-0.3, -0.25) is 15.0 Å². The quantitative estimate of drug-likeness (QED) is 0.0904. The monoisotopic (exact) mass is 832 g/mol. The molecule has 3 heterocycles. The molecule has 0 unspecified atom stereocenters. The minimum Gasteiger partial charge on any atom is -0.508 e. The number of halogens is 1. The number of fused-ring (bicyclic) bond motifs is 1. The van der Waals surface area contributed by atoms with Crippen molar-refractivity contribution >= 4 is 55.3 Å². The van der Waals surface area contributed by atoms with Crippen molar-refractivity contribution in [1.82, 2.24) is 13.9 Å². The number of phenols is 1. The summed E-state index contributed by atoms with van der Waals surface area (Å²) >= 11 is 6.22. The van der Waals surface area contributed by atoms with Gasteiger partial charge in [0.1, 0.15) is 22.9 Å². The van der Waals surface area contributed by atoms with E-state index in [1.165, 1.54) is 59.8 Å². The summed E-state index contributed by atoms with van der Waals surface area (Å²) in [6.07, 6.45) is 6.20. The van der Waals surface area contributed by atoms with Crippen molar-refractivity contribution in [2.75, 3.05) is 42.9 Å². The van der Waals surface area contributed by atoms with Gasteiger partial charge in [0.05, 0.1) is 16.0 Å². The van der Waals surface area contributed by atoms with Crippen molar-refractivity contribution in [3.05, 3.63) is 147 Å². The molecule has 304 valence electrons. The lowest BCUT2D eigenvalue weighted by atomic mass is 9.72. The Bertz CT molecular complexity index is 2650. The number of nitro benzene ring substituents is 1. The van der Waals surface area contributed by atoms with Crippen molar-refractivity contribution in [2.24, 2.45) is 5.41 Å². The van der Waals surface area contributed by atoms with Crippen LogP contribution in [0, 0.1) is 15.5 Å². The van der Waals surface area contributed by atoms with Crippen LogP contribution in [-0.4, -0.2) is 65.0 Å². The number of nitrogens with one attached hydrogen (secondary N) is 1. The van der Waals surface area contributed by atoms with Crippen LogP contribution in [0.4, 0.5) is 17.1 Å². The average molecular weight is 833 g/mol. The standard InChI is InChI=1S/C45H45ClN6O6S/c1-45(2)18-16-34(41(27-45)32-8-10-35(46)11-9-32)30-49-20-22-50(23-21-49)36-4-3-5-38(25-36)58-39-24-33-17-19-51(44(33)48-29-39)59(56,57)40-14-15-42(43(26-40)52(54)55)47-28-31-6-12-37(53)13-7-31/h3-15,17,19,24-26,29,47,53H,16,18,20-23,27-28,30H2,1-2H3. The molecule has 0 spiro atoms. The first-order chi connectivity index (χ1) is 28.3. The summed E-state index contributed by atoms with van der Waals surface area (Å²) < 4.78 is 34.9. The largest absolute Gasteiger partial charge is 0.508 e. The third kappa shape index (κ3) is 8.92. The first-order valence-electron chi connectivity index (χ1n) is 19.6. The fraction of sp³-hybridized carbons (Fsp3) is 0.267. The Labute approximate surface area is 348 Å². The highest BCUT2D eigenvalue weighted by atomic mass is 35.5. The summed E-state index contributed by atoms with van der Waals surface area (Å²) in [6.45, 7) is 9.58. The lowest BCUT2D eigenvalue weighted by Gasteiger charge is -2.39. The summed E-state index contributed by atoms with van der Waals surface area (Å²) in [7, 11) is -4.25. The van der Waals surface area contributed by atoms with E-state index in [0.717, 1.165) is 71.9 Å². The number of aromatic hydroxyl groups is 1. The van der Waals surface area contributed by atoms with E-state index in [9.17, 15) is 23.6 Å². The first-order valence-corrected chi connectivity index (χ1v) is 21.4. The number of piperazine rings is 1. The Morgan fingerprint density at radius 3 is 2.44 bits per heavy atom. The lowest BCUT2D eigenvalue weighted by Crippen LogP contribution is -2.47. The number of anilines is 2. The molecule has 2 N–H and O–H groups in total. The maximum Gasteiger partial charge on any atom is 0.293 e. The number of benzene rings is 4. The van der Waals surface area contributed by atoms with Crippen molar-refractivity contribution in [3.63, 3.8) is 0 Å². The van der Waals surface area contributed by atoms with E-state index in [4.69, 9.17) is 16.3 Å². The molecule has 59 heavy (non-hydrogen) atoms. The molecule has 14 heteroatoms. The van der Waals surface area contributed by atoms with Crippen LogP contribution < -0.4 is 15.0 Å². The van der Waals surface area contributed by atoms with Gasteiger partial charge in [-0.1, -0.05) is 61.4 Å². The number of hydrogen-bond donors (Lipinski definition) is 2. The molecule has 1 aliphatic heterocycles. The molecule has 8 rings (SSSR count). The highest BCUT2D eigenvalue weighted by Gasteiger charge is 2.30.